The number of hydrazine groups is 1. The predicted molar refractivity (Wildman–Crippen MR) is 65.2 cm³/mol. The van der Waals surface area contributed by atoms with Gasteiger partial charge in [0, 0.05) is 6.54 Å². The van der Waals surface area contributed by atoms with Gasteiger partial charge in [-0.25, -0.2) is 15.5 Å². The summed E-state index contributed by atoms with van der Waals surface area (Å²) >= 11 is -1.64. The van der Waals surface area contributed by atoms with Crippen LogP contribution in [-0.2, 0) is 15.6 Å². The van der Waals surface area contributed by atoms with Crippen molar-refractivity contribution in [3.63, 3.8) is 0 Å². The Kier molecular flexibility index (Phi) is 8.08. The molecule has 0 saturated heterocycles. The van der Waals surface area contributed by atoms with Gasteiger partial charge in [0.1, 0.15) is 0 Å². The largest absolute Gasteiger partial charge is 0.310 e. The summed E-state index contributed by atoms with van der Waals surface area (Å²) in [4.78, 5) is 2.06. The second-order valence-corrected chi connectivity index (χ2v) is 3.95. The van der Waals surface area contributed by atoms with E-state index in [1.807, 2.05) is 27.9 Å². The van der Waals surface area contributed by atoms with E-state index in [1.54, 1.807) is 0 Å². The first-order valence-electron chi connectivity index (χ1n) is 5.20. The van der Waals surface area contributed by atoms with E-state index in [-0.39, 0.29) is 0 Å². The normalized spacial score (nSPS) is 18.6. The van der Waals surface area contributed by atoms with Crippen LogP contribution in [0.5, 0.6) is 0 Å². The van der Waals surface area contributed by atoms with Crippen LogP contribution in [0, 0.1) is 0 Å². The smallest absolute Gasteiger partial charge is 0.309 e. The third-order valence-electron chi connectivity index (χ3n) is 1.64. The zero-order valence-electron chi connectivity index (χ0n) is 10.3. The van der Waals surface area contributed by atoms with Gasteiger partial charge >= 0.3 is 11.3 Å². The number of nitrogens with zero attached hydrogens (tertiary/aromatic N) is 3. The molecule has 0 amide bonds. The Morgan fingerprint density at radius 3 is 2.50 bits per heavy atom. The molecule has 0 aromatic rings. The lowest BCUT2D eigenvalue weighted by Gasteiger charge is -2.17. The molecule has 0 aliphatic carbocycles. The van der Waals surface area contributed by atoms with E-state index in [9.17, 15) is 4.21 Å². The van der Waals surface area contributed by atoms with Crippen molar-refractivity contribution in [1.29, 1.82) is 0 Å². The Bertz CT molecular complexity index is 247. The van der Waals surface area contributed by atoms with Crippen LogP contribution in [0.2, 0.25) is 0 Å². The predicted octanol–water partition coefficient (Wildman–Crippen LogP) is -0.390. The third-order valence-corrected chi connectivity index (χ3v) is 2.19. The molecule has 0 saturated carbocycles. The molecule has 3 N–H and O–H groups in total. The summed E-state index contributed by atoms with van der Waals surface area (Å²) in [6, 6.07) is 0. The Labute approximate surface area is 99.4 Å². The summed E-state index contributed by atoms with van der Waals surface area (Å²) in [5, 5.41) is 1.38. The zero-order chi connectivity index (χ0) is 12.6. The molecular weight excluding hydrogens is 230 g/mol. The van der Waals surface area contributed by atoms with Crippen LogP contribution in [0.1, 0.15) is 20.3 Å². The first-order valence-corrected chi connectivity index (χ1v) is 6.23. The minimum Gasteiger partial charge on any atom is -0.309 e. The lowest BCUT2D eigenvalue weighted by molar-refractivity contribution is 0.271. The SMILES string of the molecule is CC.CN(C)CCCN(N)C1=NS(=O)ON1. The molecule has 7 nitrogen and oxygen atoms in total. The van der Waals surface area contributed by atoms with Crippen molar-refractivity contribution in [1.82, 2.24) is 15.4 Å². The van der Waals surface area contributed by atoms with Crippen LogP contribution in [0.4, 0.5) is 0 Å². The van der Waals surface area contributed by atoms with Crippen LogP contribution in [-0.4, -0.2) is 47.3 Å². The summed E-state index contributed by atoms with van der Waals surface area (Å²) in [7, 11) is 3.98. The fourth-order valence-corrected chi connectivity index (χ4v) is 1.42. The summed E-state index contributed by atoms with van der Waals surface area (Å²) in [5.41, 5.74) is 2.38. The number of rotatable bonds is 4. The van der Waals surface area contributed by atoms with E-state index in [4.69, 9.17) is 5.84 Å². The Balaban J connectivity index is 0.00000106. The maximum atomic E-state index is 10.7. The van der Waals surface area contributed by atoms with E-state index in [0.717, 1.165) is 13.0 Å². The van der Waals surface area contributed by atoms with E-state index in [0.29, 0.717) is 12.5 Å². The van der Waals surface area contributed by atoms with Crippen LogP contribution < -0.4 is 11.3 Å². The van der Waals surface area contributed by atoms with Crippen LogP contribution in [0.15, 0.2) is 4.40 Å². The summed E-state index contributed by atoms with van der Waals surface area (Å²) < 4.78 is 18.8. The molecule has 0 bridgehead atoms. The van der Waals surface area contributed by atoms with E-state index < -0.39 is 11.3 Å². The fraction of sp³-hybridized carbons (Fsp3) is 0.875. The molecule has 1 atom stereocenters. The Morgan fingerprint density at radius 2 is 2.06 bits per heavy atom. The average Bonchev–Trinajstić information content (AvgIpc) is 2.67. The molecule has 96 valence electrons. The molecule has 16 heavy (non-hydrogen) atoms. The second-order valence-electron chi connectivity index (χ2n) is 3.17. The lowest BCUT2D eigenvalue weighted by atomic mass is 10.4. The molecule has 1 unspecified atom stereocenters. The molecule has 1 aliphatic heterocycles. The van der Waals surface area contributed by atoms with Crippen molar-refractivity contribution in [3.8, 4) is 0 Å². The van der Waals surface area contributed by atoms with Gasteiger partial charge in [-0.05, 0) is 27.1 Å². The molecule has 1 heterocycles. The molecule has 0 aromatic carbocycles. The minimum atomic E-state index is -1.64. The highest BCUT2D eigenvalue weighted by atomic mass is 32.2. The number of guanidine groups is 1. The van der Waals surface area contributed by atoms with Crippen molar-refractivity contribution in [3.05, 3.63) is 0 Å². The Hall–Kier alpha value is -0.700. The molecular formula is C8H21N5O2S. The van der Waals surface area contributed by atoms with Gasteiger partial charge in [0.2, 0.25) is 5.96 Å². The molecule has 1 aliphatic rings. The van der Waals surface area contributed by atoms with E-state index in [1.165, 1.54) is 5.01 Å². The average molecular weight is 251 g/mol. The number of nitrogens with one attached hydrogen (secondary N) is 1. The van der Waals surface area contributed by atoms with Crippen LogP contribution in [0.3, 0.4) is 0 Å². The standard InChI is InChI=1S/C6H15N5O2S.C2H6/c1-10(2)4-3-5-11(7)6-8-13-14(12)9-6;1-2/h3-5,7H2,1-2H3,(H,8,9);1-2H3. The van der Waals surface area contributed by atoms with Gasteiger partial charge in [0.05, 0.1) is 0 Å². The molecule has 8 heteroatoms. The minimum absolute atomic E-state index is 0.307. The third kappa shape index (κ3) is 6.01. The highest BCUT2D eigenvalue weighted by molar-refractivity contribution is 7.79. The first-order chi connectivity index (χ1) is 7.59. The topological polar surface area (TPSA) is 83.2 Å². The second kappa shape index (κ2) is 8.45. The van der Waals surface area contributed by atoms with Crippen LogP contribution in [0.25, 0.3) is 0 Å². The molecule has 0 aromatic heterocycles. The molecule has 0 fully saturated rings. The van der Waals surface area contributed by atoms with Crippen molar-refractivity contribution < 1.29 is 8.49 Å². The quantitative estimate of drug-likeness (QED) is 0.523. The van der Waals surface area contributed by atoms with Crippen molar-refractivity contribution >= 4 is 17.2 Å². The lowest BCUT2D eigenvalue weighted by Crippen LogP contribution is -2.44. The van der Waals surface area contributed by atoms with Crippen molar-refractivity contribution in [2.75, 3.05) is 27.2 Å². The first kappa shape index (κ1) is 15.3. The van der Waals surface area contributed by atoms with Crippen molar-refractivity contribution in [2.45, 2.75) is 20.3 Å². The summed E-state index contributed by atoms with van der Waals surface area (Å²) in [6.45, 7) is 5.56. The maximum absolute atomic E-state index is 10.7. The van der Waals surface area contributed by atoms with Gasteiger partial charge in [-0.2, -0.15) is 4.28 Å². The molecule has 1 rings (SSSR count). The maximum Gasteiger partial charge on any atom is 0.310 e. The number of hydrogen-bond donors (Lipinski definition) is 2. The molecule has 0 radical (unpaired) electrons. The summed E-state index contributed by atoms with van der Waals surface area (Å²) in [5.74, 6) is 5.94. The van der Waals surface area contributed by atoms with Gasteiger partial charge in [-0.3, -0.25) is 5.01 Å². The van der Waals surface area contributed by atoms with Gasteiger partial charge in [-0.15, -0.1) is 4.40 Å². The van der Waals surface area contributed by atoms with E-state index >= 15 is 0 Å². The van der Waals surface area contributed by atoms with Gasteiger partial charge in [-0.1, -0.05) is 13.8 Å². The monoisotopic (exact) mass is 251 g/mol. The van der Waals surface area contributed by atoms with Gasteiger partial charge in [0.15, 0.2) is 0 Å². The van der Waals surface area contributed by atoms with Gasteiger partial charge in [0.25, 0.3) is 0 Å². The highest BCUT2D eigenvalue weighted by Crippen LogP contribution is 1.97. The van der Waals surface area contributed by atoms with Crippen molar-refractivity contribution in [2.24, 2.45) is 10.2 Å². The van der Waals surface area contributed by atoms with Gasteiger partial charge < -0.3 is 4.90 Å². The zero-order valence-corrected chi connectivity index (χ0v) is 11.1. The summed E-state index contributed by atoms with van der Waals surface area (Å²) in [6.07, 6.45) is 0.900. The number of hydroxylamine groups is 1. The van der Waals surface area contributed by atoms with Crippen LogP contribution >= 0.6 is 0 Å². The molecule has 0 spiro atoms. The number of hydrogen-bond acceptors (Lipinski definition) is 6. The number of nitrogens with two attached hydrogens (primary N) is 1. The Morgan fingerprint density at radius 1 is 1.44 bits per heavy atom. The fourth-order valence-electron chi connectivity index (χ4n) is 0.955. The van der Waals surface area contributed by atoms with E-state index in [2.05, 4.69) is 19.1 Å². The highest BCUT2D eigenvalue weighted by Gasteiger charge is 2.17.